The van der Waals surface area contributed by atoms with Crippen LogP contribution in [0.5, 0.6) is 5.88 Å². The highest BCUT2D eigenvalue weighted by atomic mass is 28.4. The number of carbonyl (C=O) groups is 2. The molecular weight excluding hydrogens is 697 g/mol. The summed E-state index contributed by atoms with van der Waals surface area (Å²) in [6.07, 6.45) is 1.94. The molecule has 11 heteroatoms. The van der Waals surface area contributed by atoms with Gasteiger partial charge in [-0.15, -0.1) is 0 Å². The van der Waals surface area contributed by atoms with Crippen LogP contribution in [0.15, 0.2) is 46.5 Å². The summed E-state index contributed by atoms with van der Waals surface area (Å²) in [5.41, 5.74) is 4.11. The second-order valence-electron chi connectivity index (χ2n) is 18.2. The average Bonchev–Trinajstić information content (AvgIpc) is 3.50. The van der Waals surface area contributed by atoms with E-state index in [1.165, 1.54) is 0 Å². The Morgan fingerprint density at radius 2 is 1.70 bits per heavy atom. The van der Waals surface area contributed by atoms with Crippen molar-refractivity contribution in [1.29, 1.82) is 0 Å². The van der Waals surface area contributed by atoms with Gasteiger partial charge in [0.2, 0.25) is 11.6 Å². The minimum Gasteiger partial charge on any atom is -0.507 e. The lowest BCUT2D eigenvalue weighted by molar-refractivity contribution is -0.140. The number of hydrogen-bond acceptors (Lipinski definition) is 10. The Morgan fingerprint density at radius 3 is 2.30 bits per heavy atom. The first kappa shape index (κ1) is 39.9. The normalized spacial score (nSPS) is 22.9. The number of aliphatic hydroxyl groups excluding tert-OH is 1. The average molecular weight is 757 g/mol. The number of aliphatic hydroxyl groups is 1. The molecule has 1 saturated carbocycles. The molecule has 3 aliphatic rings. The van der Waals surface area contributed by atoms with Gasteiger partial charge >= 0.3 is 0 Å². The van der Waals surface area contributed by atoms with Gasteiger partial charge in [0.25, 0.3) is 5.88 Å². The molecule has 4 atom stereocenters. The summed E-state index contributed by atoms with van der Waals surface area (Å²) in [7, 11) is 5.09. The summed E-state index contributed by atoms with van der Waals surface area (Å²) in [6.45, 7) is 19.8. The van der Waals surface area contributed by atoms with Crippen LogP contribution in [0.4, 0.5) is 5.69 Å². The topological polar surface area (TPSA) is 117 Å². The van der Waals surface area contributed by atoms with Gasteiger partial charge in [-0.1, -0.05) is 64.1 Å². The molecular formula is C43H60N4O6Si. The predicted octanol–water partition coefficient (Wildman–Crippen LogP) is 8.20. The van der Waals surface area contributed by atoms with Crippen LogP contribution >= 0.6 is 0 Å². The molecule has 3 aliphatic carbocycles. The van der Waals surface area contributed by atoms with E-state index in [9.17, 15) is 5.11 Å². The molecule has 1 heterocycles. The third-order valence-electron chi connectivity index (χ3n) is 12.7. The van der Waals surface area contributed by atoms with Gasteiger partial charge in [-0.05, 0) is 106 Å². The van der Waals surface area contributed by atoms with Crippen LogP contribution in [0.25, 0.3) is 5.76 Å². The van der Waals surface area contributed by atoms with Gasteiger partial charge in [0.1, 0.15) is 17.9 Å². The maximum Gasteiger partial charge on any atom is 0.265 e. The molecule has 2 aromatic carbocycles. The highest BCUT2D eigenvalue weighted by molar-refractivity contribution is 6.74. The zero-order valence-electron chi connectivity index (χ0n) is 34.6. The zero-order chi connectivity index (χ0) is 39.7. The lowest BCUT2D eigenvalue weighted by atomic mass is 9.57. The number of nitrogens with one attached hydrogen (secondary N) is 1. The number of benzene rings is 2. The fraction of sp³-hybridized carbons (Fsp3) is 0.558. The van der Waals surface area contributed by atoms with Crippen LogP contribution in [0.2, 0.25) is 18.1 Å². The first-order valence-electron chi connectivity index (χ1n) is 19.3. The maximum absolute atomic E-state index is 15.7. The van der Waals surface area contributed by atoms with Gasteiger partial charge in [-0.3, -0.25) is 14.5 Å². The molecule has 0 saturated heterocycles. The molecule has 1 fully saturated rings. The number of anilines is 1. The lowest BCUT2D eigenvalue weighted by Crippen LogP contribution is -2.68. The summed E-state index contributed by atoms with van der Waals surface area (Å²) >= 11 is 0. The second kappa shape index (κ2) is 14.1. The van der Waals surface area contributed by atoms with E-state index in [-0.39, 0.29) is 45.9 Å². The molecule has 10 nitrogen and oxygen atoms in total. The SMILES string of the molecule is CCC(C)(C)NCc1cc(C)c2c(c1N(C)C)C[C@H]1C[C@H]3[C@H](N(C)C)c4onc(OCc5ccccc5)c4C(=O)[C@@]3(O[Si](C)(C)C(C)(C)C)C(=O)C1=C2O. The number of rotatable bonds is 11. The van der Waals surface area contributed by atoms with Crippen LogP contribution < -0.4 is 15.0 Å². The van der Waals surface area contributed by atoms with Crippen molar-refractivity contribution >= 4 is 31.3 Å². The van der Waals surface area contributed by atoms with Crippen molar-refractivity contribution < 1.29 is 28.4 Å². The van der Waals surface area contributed by atoms with E-state index in [2.05, 4.69) is 76.1 Å². The van der Waals surface area contributed by atoms with Gasteiger partial charge in [-0.2, -0.15) is 0 Å². The largest absolute Gasteiger partial charge is 0.507 e. The summed E-state index contributed by atoms with van der Waals surface area (Å²) in [6, 6.07) is 11.2. The van der Waals surface area contributed by atoms with Crippen LogP contribution in [0.3, 0.4) is 0 Å². The zero-order valence-corrected chi connectivity index (χ0v) is 35.6. The van der Waals surface area contributed by atoms with Crippen molar-refractivity contribution in [1.82, 2.24) is 15.4 Å². The monoisotopic (exact) mass is 756 g/mol. The molecule has 0 amide bonds. The Morgan fingerprint density at radius 1 is 1.04 bits per heavy atom. The quantitative estimate of drug-likeness (QED) is 0.147. The van der Waals surface area contributed by atoms with E-state index in [1.807, 2.05) is 70.3 Å². The lowest BCUT2D eigenvalue weighted by Gasteiger charge is -2.55. The minimum atomic E-state index is -2.84. The smallest absolute Gasteiger partial charge is 0.265 e. The van der Waals surface area contributed by atoms with E-state index < -0.39 is 37.4 Å². The summed E-state index contributed by atoms with van der Waals surface area (Å²) in [5, 5.41) is 20.2. The molecule has 54 heavy (non-hydrogen) atoms. The number of fused-ring (bicyclic) bond motifs is 4. The molecule has 0 bridgehead atoms. The fourth-order valence-corrected chi connectivity index (χ4v) is 9.92. The van der Waals surface area contributed by atoms with Gasteiger partial charge in [0.15, 0.2) is 19.7 Å². The van der Waals surface area contributed by atoms with E-state index >= 15 is 9.59 Å². The van der Waals surface area contributed by atoms with Crippen LogP contribution in [0, 0.1) is 18.8 Å². The Bertz CT molecular complexity index is 1970. The van der Waals surface area contributed by atoms with Crippen LogP contribution in [-0.4, -0.2) is 74.4 Å². The van der Waals surface area contributed by atoms with Crippen molar-refractivity contribution in [3.63, 3.8) is 0 Å². The Balaban J connectivity index is 1.55. The highest BCUT2D eigenvalue weighted by Crippen LogP contribution is 2.59. The third-order valence-corrected chi connectivity index (χ3v) is 17.1. The van der Waals surface area contributed by atoms with E-state index in [4.69, 9.17) is 13.7 Å². The third kappa shape index (κ3) is 6.54. The molecule has 6 rings (SSSR count). The number of nitrogens with zero attached hydrogens (tertiary/aromatic N) is 3. The molecule has 292 valence electrons. The van der Waals surface area contributed by atoms with E-state index in [1.54, 1.807) is 0 Å². The van der Waals surface area contributed by atoms with Crippen molar-refractivity contribution in [2.45, 2.75) is 116 Å². The minimum absolute atomic E-state index is 0.0448. The number of Topliss-reactive ketones (excluding diaryl/α,β-unsaturated/α-hetero) is 2. The van der Waals surface area contributed by atoms with Crippen LogP contribution in [0.1, 0.15) is 104 Å². The van der Waals surface area contributed by atoms with Gasteiger partial charge in [0.05, 0.1) is 6.04 Å². The highest BCUT2D eigenvalue weighted by Gasteiger charge is 2.69. The first-order valence-corrected chi connectivity index (χ1v) is 22.2. The number of carbonyl (C=O) groups excluding carboxylic acids is 2. The summed E-state index contributed by atoms with van der Waals surface area (Å²) in [5.74, 6) is -1.57. The molecule has 3 aromatic rings. The first-order chi connectivity index (χ1) is 25.2. The summed E-state index contributed by atoms with van der Waals surface area (Å²) < 4.78 is 19.5. The van der Waals surface area contributed by atoms with Gasteiger partial charge in [-0.25, -0.2) is 0 Å². The number of aromatic nitrogens is 1. The molecule has 0 unspecified atom stereocenters. The molecule has 0 aliphatic heterocycles. The maximum atomic E-state index is 15.7. The van der Waals surface area contributed by atoms with Crippen molar-refractivity contribution in [3.05, 3.63) is 81.1 Å². The van der Waals surface area contributed by atoms with E-state index in [0.29, 0.717) is 30.7 Å². The number of hydrogen-bond donors (Lipinski definition) is 2. The Hall–Kier alpha value is -3.77. The van der Waals surface area contributed by atoms with Crippen molar-refractivity contribution in [2.75, 3.05) is 33.1 Å². The molecule has 2 N–H and O–H groups in total. The van der Waals surface area contributed by atoms with E-state index in [0.717, 1.165) is 34.4 Å². The Kier molecular flexibility index (Phi) is 10.4. The number of ether oxygens (including phenoxy) is 1. The standard InChI is InChI=1S/C43H60N4O6Si/c1-14-42(6,7)44-23-28-20-25(2)31-29(34(28)46(8)9)21-27-22-30-35(47(10)11)37-33(40(45-52-37)51-24-26-18-16-15-17-19-26)39(50)43(30,38(49)32(27)36(31)48)53-54(12,13)41(3,4)5/h15-20,27,30,35,44,48H,14,21-24H2,1-13H3/t27-,30-,35-,43-/m0/s1. The van der Waals surface area contributed by atoms with Crippen LogP contribution in [-0.2, 0) is 28.8 Å². The summed E-state index contributed by atoms with van der Waals surface area (Å²) in [4.78, 5) is 35.3. The van der Waals surface area contributed by atoms with Gasteiger partial charge in [0, 0.05) is 48.9 Å². The van der Waals surface area contributed by atoms with Crippen molar-refractivity contribution in [2.24, 2.45) is 11.8 Å². The Labute approximate surface area is 322 Å². The molecule has 1 aromatic heterocycles. The fourth-order valence-electron chi connectivity index (χ4n) is 8.48. The molecule has 0 spiro atoms. The second-order valence-corrected chi connectivity index (χ2v) is 22.9. The molecule has 0 radical (unpaired) electrons. The van der Waals surface area contributed by atoms with Gasteiger partial charge < -0.3 is 29.0 Å². The predicted molar refractivity (Wildman–Crippen MR) is 216 cm³/mol. The number of aryl methyl sites for hydroxylation is 1. The van der Waals surface area contributed by atoms with Crippen molar-refractivity contribution in [3.8, 4) is 5.88 Å². The number of ketones is 2.